The van der Waals surface area contributed by atoms with Crippen LogP contribution in [0.4, 0.5) is 34.6 Å². The van der Waals surface area contributed by atoms with E-state index in [1.807, 2.05) is 29.2 Å². The van der Waals surface area contributed by atoms with E-state index in [-0.39, 0.29) is 11.8 Å². The fourth-order valence-corrected chi connectivity index (χ4v) is 3.79. The third-order valence-electron chi connectivity index (χ3n) is 5.67. The lowest BCUT2D eigenvalue weighted by atomic mass is 10.2. The molecule has 2 heterocycles. The highest BCUT2D eigenvalue weighted by Gasteiger charge is 2.20. The summed E-state index contributed by atoms with van der Waals surface area (Å²) >= 11 is 0. The molecule has 0 aliphatic carbocycles. The maximum atomic E-state index is 11.6. The molecule has 1 aromatic heterocycles. The van der Waals surface area contributed by atoms with Crippen LogP contribution in [0.15, 0.2) is 61.4 Å². The molecule has 1 aliphatic rings. The minimum absolute atomic E-state index is 0.102. The summed E-state index contributed by atoms with van der Waals surface area (Å²) < 4.78 is 5.61. The van der Waals surface area contributed by atoms with Crippen molar-refractivity contribution in [3.8, 4) is 5.75 Å². The number of carbonyl (C=O) groups excluding carboxylic acids is 2. The Balaban J connectivity index is 1.45. The third-order valence-corrected chi connectivity index (χ3v) is 5.67. The SMILES string of the molecule is C=CC(=O)Nc1cccc(Nc2ncnc(Nc3ccc(N4CCN(C(C)=O)CC4)cc3OC)n2)c1. The summed E-state index contributed by atoms with van der Waals surface area (Å²) in [5.41, 5.74) is 3.03. The van der Waals surface area contributed by atoms with Gasteiger partial charge in [-0.05, 0) is 36.4 Å². The molecule has 3 N–H and O–H groups in total. The molecule has 2 aromatic carbocycles. The summed E-state index contributed by atoms with van der Waals surface area (Å²) in [6, 6.07) is 13.0. The molecule has 0 atom stereocenters. The highest BCUT2D eigenvalue weighted by molar-refractivity contribution is 5.99. The van der Waals surface area contributed by atoms with Gasteiger partial charge in [0, 0.05) is 56.2 Å². The summed E-state index contributed by atoms with van der Waals surface area (Å²) in [6.45, 7) is 7.97. The first-order valence-electron chi connectivity index (χ1n) is 11.4. The summed E-state index contributed by atoms with van der Waals surface area (Å²) in [6.07, 6.45) is 2.61. The van der Waals surface area contributed by atoms with E-state index in [9.17, 15) is 9.59 Å². The van der Waals surface area contributed by atoms with Crippen LogP contribution in [0.25, 0.3) is 0 Å². The predicted molar refractivity (Wildman–Crippen MR) is 139 cm³/mol. The van der Waals surface area contributed by atoms with Crippen molar-refractivity contribution >= 4 is 46.5 Å². The Hall–Kier alpha value is -4.67. The fraction of sp³-hybridized carbons (Fsp3) is 0.240. The smallest absolute Gasteiger partial charge is 0.247 e. The Bertz CT molecular complexity index is 1260. The van der Waals surface area contributed by atoms with Crippen molar-refractivity contribution in [3.63, 3.8) is 0 Å². The van der Waals surface area contributed by atoms with Crippen LogP contribution >= 0.6 is 0 Å². The molecule has 2 amide bonds. The Morgan fingerprint density at radius 2 is 1.72 bits per heavy atom. The number of benzene rings is 2. The average Bonchev–Trinajstić information content (AvgIpc) is 2.89. The lowest BCUT2D eigenvalue weighted by Gasteiger charge is -2.35. The summed E-state index contributed by atoms with van der Waals surface area (Å²) in [7, 11) is 1.61. The van der Waals surface area contributed by atoms with Gasteiger partial charge in [0.15, 0.2) is 0 Å². The molecular formula is C25H28N8O3. The van der Waals surface area contributed by atoms with Gasteiger partial charge in [-0.15, -0.1) is 0 Å². The van der Waals surface area contributed by atoms with E-state index in [1.165, 1.54) is 12.4 Å². The fourth-order valence-electron chi connectivity index (χ4n) is 3.79. The molecule has 1 aliphatic heterocycles. The standard InChI is InChI=1S/C25H28N8O3/c1-4-23(35)28-18-6-5-7-19(14-18)29-24-26-16-27-25(31-24)30-21-9-8-20(15-22(21)36-3)33-12-10-32(11-13-33)17(2)34/h4-9,14-16H,1,10-13H2,2-3H3,(H,28,35)(H2,26,27,29,30,31). The van der Waals surface area contributed by atoms with E-state index in [0.717, 1.165) is 18.8 Å². The van der Waals surface area contributed by atoms with Gasteiger partial charge >= 0.3 is 0 Å². The molecular weight excluding hydrogens is 460 g/mol. The van der Waals surface area contributed by atoms with Gasteiger partial charge < -0.3 is 30.5 Å². The molecule has 186 valence electrons. The van der Waals surface area contributed by atoms with E-state index in [4.69, 9.17) is 4.74 Å². The zero-order valence-electron chi connectivity index (χ0n) is 20.2. The van der Waals surface area contributed by atoms with E-state index in [1.54, 1.807) is 32.2 Å². The molecule has 36 heavy (non-hydrogen) atoms. The average molecular weight is 489 g/mol. The molecule has 11 heteroatoms. The second-order valence-corrected chi connectivity index (χ2v) is 8.03. The third kappa shape index (κ3) is 6.06. The zero-order valence-corrected chi connectivity index (χ0v) is 20.2. The summed E-state index contributed by atoms with van der Waals surface area (Å²) in [5.74, 6) is 1.12. The van der Waals surface area contributed by atoms with Crippen molar-refractivity contribution in [2.75, 3.05) is 54.1 Å². The summed E-state index contributed by atoms with van der Waals surface area (Å²) in [5, 5.41) is 9.00. The van der Waals surface area contributed by atoms with Crippen molar-refractivity contribution in [2.24, 2.45) is 0 Å². The Labute approximate surface area is 209 Å². The van der Waals surface area contributed by atoms with Gasteiger partial charge in [-0.3, -0.25) is 9.59 Å². The number of piperazine rings is 1. The van der Waals surface area contributed by atoms with Gasteiger partial charge in [-0.25, -0.2) is 9.97 Å². The van der Waals surface area contributed by atoms with Crippen LogP contribution in [0, 0.1) is 0 Å². The topological polar surface area (TPSA) is 125 Å². The van der Waals surface area contributed by atoms with Crippen LogP contribution < -0.4 is 25.6 Å². The second kappa shape index (κ2) is 11.2. The minimum atomic E-state index is -0.294. The molecule has 4 rings (SSSR count). The number of amides is 2. The van der Waals surface area contributed by atoms with Crippen molar-refractivity contribution < 1.29 is 14.3 Å². The number of hydrogen-bond acceptors (Lipinski definition) is 9. The highest BCUT2D eigenvalue weighted by Crippen LogP contribution is 2.32. The van der Waals surface area contributed by atoms with Gasteiger partial charge in [-0.1, -0.05) is 12.6 Å². The first kappa shape index (κ1) is 24.5. The summed E-state index contributed by atoms with van der Waals surface area (Å²) in [4.78, 5) is 40.0. The predicted octanol–water partition coefficient (Wildman–Crippen LogP) is 3.16. The highest BCUT2D eigenvalue weighted by atomic mass is 16.5. The first-order valence-corrected chi connectivity index (χ1v) is 11.4. The monoisotopic (exact) mass is 488 g/mol. The molecule has 0 radical (unpaired) electrons. The number of hydrogen-bond donors (Lipinski definition) is 3. The van der Waals surface area contributed by atoms with Crippen LogP contribution in [0.5, 0.6) is 5.75 Å². The number of nitrogens with one attached hydrogen (secondary N) is 3. The van der Waals surface area contributed by atoms with Crippen LogP contribution in [-0.4, -0.2) is 65.0 Å². The van der Waals surface area contributed by atoms with E-state index in [0.29, 0.717) is 47.8 Å². The molecule has 0 unspecified atom stereocenters. The normalized spacial score (nSPS) is 13.1. The van der Waals surface area contributed by atoms with Crippen molar-refractivity contribution in [1.82, 2.24) is 19.9 Å². The molecule has 0 bridgehead atoms. The van der Waals surface area contributed by atoms with Crippen molar-refractivity contribution in [1.29, 1.82) is 0 Å². The first-order chi connectivity index (χ1) is 17.4. The Morgan fingerprint density at radius 1 is 1.00 bits per heavy atom. The lowest BCUT2D eigenvalue weighted by molar-refractivity contribution is -0.129. The number of rotatable bonds is 8. The van der Waals surface area contributed by atoms with Crippen molar-refractivity contribution in [2.45, 2.75) is 6.92 Å². The Kier molecular flexibility index (Phi) is 7.59. The van der Waals surface area contributed by atoms with E-state index in [2.05, 4.69) is 42.4 Å². The second-order valence-electron chi connectivity index (χ2n) is 8.03. The molecule has 1 saturated heterocycles. The van der Waals surface area contributed by atoms with Crippen LogP contribution in [-0.2, 0) is 9.59 Å². The number of methoxy groups -OCH3 is 1. The van der Waals surface area contributed by atoms with E-state index >= 15 is 0 Å². The Morgan fingerprint density at radius 3 is 2.42 bits per heavy atom. The largest absolute Gasteiger partial charge is 0.494 e. The van der Waals surface area contributed by atoms with Gasteiger partial charge in [-0.2, -0.15) is 4.98 Å². The maximum Gasteiger partial charge on any atom is 0.247 e. The molecule has 3 aromatic rings. The molecule has 1 fully saturated rings. The molecule has 11 nitrogen and oxygen atoms in total. The number of aromatic nitrogens is 3. The van der Waals surface area contributed by atoms with Gasteiger partial charge in [0.05, 0.1) is 12.8 Å². The maximum absolute atomic E-state index is 11.6. The van der Waals surface area contributed by atoms with Gasteiger partial charge in [0.2, 0.25) is 23.7 Å². The van der Waals surface area contributed by atoms with Gasteiger partial charge in [0.25, 0.3) is 0 Å². The quantitative estimate of drug-likeness (QED) is 0.410. The van der Waals surface area contributed by atoms with Crippen LogP contribution in [0.3, 0.4) is 0 Å². The minimum Gasteiger partial charge on any atom is -0.494 e. The zero-order chi connectivity index (χ0) is 25.5. The number of carbonyl (C=O) groups is 2. The van der Waals surface area contributed by atoms with E-state index < -0.39 is 0 Å². The number of anilines is 6. The molecule has 0 spiro atoms. The lowest BCUT2D eigenvalue weighted by Crippen LogP contribution is -2.48. The number of nitrogens with zero attached hydrogens (tertiary/aromatic N) is 5. The van der Waals surface area contributed by atoms with Gasteiger partial charge in [0.1, 0.15) is 12.1 Å². The van der Waals surface area contributed by atoms with Crippen molar-refractivity contribution in [3.05, 3.63) is 61.4 Å². The van der Waals surface area contributed by atoms with Crippen LogP contribution in [0.1, 0.15) is 6.92 Å². The molecule has 0 saturated carbocycles. The van der Waals surface area contributed by atoms with Crippen LogP contribution in [0.2, 0.25) is 0 Å². The number of ether oxygens (including phenoxy) is 1.